The maximum atomic E-state index is 12.8. The van der Waals surface area contributed by atoms with E-state index in [4.69, 9.17) is 16.0 Å². The maximum absolute atomic E-state index is 12.8. The van der Waals surface area contributed by atoms with Gasteiger partial charge in [-0.05, 0) is 42.8 Å². The maximum Gasteiger partial charge on any atom is 0.232 e. The molecular weight excluding hydrogens is 368 g/mol. The quantitative estimate of drug-likeness (QED) is 0.848. The summed E-state index contributed by atoms with van der Waals surface area (Å²) in [4.78, 5) is 37.7. The van der Waals surface area contributed by atoms with Crippen molar-refractivity contribution in [2.45, 2.75) is 25.2 Å². The smallest absolute Gasteiger partial charge is 0.232 e. The lowest BCUT2D eigenvalue weighted by Gasteiger charge is -2.32. The number of carbonyl (C=O) groups excluding carboxylic acids is 3. The van der Waals surface area contributed by atoms with Crippen LogP contribution in [0.15, 0.2) is 58.3 Å². The van der Waals surface area contributed by atoms with E-state index in [2.05, 4.69) is 10.6 Å². The van der Waals surface area contributed by atoms with Gasteiger partial charge in [-0.2, -0.15) is 0 Å². The lowest BCUT2D eigenvalue weighted by molar-refractivity contribution is -0.129. The Balaban J connectivity index is 1.60. The van der Waals surface area contributed by atoms with E-state index < -0.39 is 5.92 Å². The molecule has 1 aromatic carbocycles. The Hall–Kier alpha value is -2.86. The van der Waals surface area contributed by atoms with Gasteiger partial charge in [0.15, 0.2) is 5.78 Å². The Morgan fingerprint density at radius 2 is 1.89 bits per heavy atom. The second-order valence-electron chi connectivity index (χ2n) is 6.74. The predicted molar refractivity (Wildman–Crippen MR) is 99.0 cm³/mol. The minimum Gasteiger partial charge on any atom is -0.469 e. The Bertz CT molecular complexity index is 931. The second-order valence-corrected chi connectivity index (χ2v) is 7.17. The Morgan fingerprint density at radius 3 is 2.59 bits per heavy atom. The van der Waals surface area contributed by atoms with Gasteiger partial charge in [0.1, 0.15) is 5.76 Å². The van der Waals surface area contributed by atoms with Crippen LogP contribution in [0.3, 0.4) is 0 Å². The number of allylic oxidation sites excluding steroid dienone is 1. The third-order valence-corrected chi connectivity index (χ3v) is 5.16. The summed E-state index contributed by atoms with van der Waals surface area (Å²) in [5.74, 6) is -0.993. The number of rotatable bonds is 3. The molecule has 1 aliphatic heterocycles. The van der Waals surface area contributed by atoms with Crippen molar-refractivity contribution < 1.29 is 18.8 Å². The summed E-state index contributed by atoms with van der Waals surface area (Å²) in [6.07, 6.45) is 2.24. The van der Waals surface area contributed by atoms with E-state index in [1.165, 1.54) is 0 Å². The van der Waals surface area contributed by atoms with Crippen LogP contribution in [-0.2, 0) is 14.4 Å². The van der Waals surface area contributed by atoms with Gasteiger partial charge in [0, 0.05) is 40.7 Å². The molecule has 2 N–H and O–H groups in total. The minimum atomic E-state index is -0.797. The summed E-state index contributed by atoms with van der Waals surface area (Å²) in [6, 6.07) is 10.3. The first kappa shape index (κ1) is 17.5. The molecule has 1 aliphatic carbocycles. The van der Waals surface area contributed by atoms with Gasteiger partial charge in [0.2, 0.25) is 11.8 Å². The van der Waals surface area contributed by atoms with Gasteiger partial charge in [-0.3, -0.25) is 14.4 Å². The number of amides is 2. The molecule has 1 aromatic heterocycles. The van der Waals surface area contributed by atoms with Gasteiger partial charge in [0.25, 0.3) is 0 Å². The number of hydrogen-bond acceptors (Lipinski definition) is 4. The highest BCUT2D eigenvalue weighted by Crippen LogP contribution is 2.39. The molecule has 2 aromatic rings. The van der Waals surface area contributed by atoms with Crippen LogP contribution in [0, 0.1) is 5.92 Å². The molecule has 6 nitrogen and oxygen atoms in total. The van der Waals surface area contributed by atoms with E-state index in [0.717, 1.165) is 0 Å². The van der Waals surface area contributed by atoms with Crippen LogP contribution in [0.1, 0.15) is 30.9 Å². The zero-order chi connectivity index (χ0) is 19.0. The minimum absolute atomic E-state index is 0.0462. The average molecular weight is 385 g/mol. The van der Waals surface area contributed by atoms with Gasteiger partial charge < -0.3 is 15.1 Å². The zero-order valence-corrected chi connectivity index (χ0v) is 15.1. The molecule has 2 heterocycles. The largest absolute Gasteiger partial charge is 0.469 e. The van der Waals surface area contributed by atoms with Crippen LogP contribution in [0.4, 0.5) is 5.69 Å². The predicted octanol–water partition coefficient (Wildman–Crippen LogP) is 3.41. The summed E-state index contributed by atoms with van der Waals surface area (Å²) in [6.45, 7) is 0. The summed E-state index contributed by atoms with van der Waals surface area (Å²) in [5, 5.41) is 6.10. The molecule has 2 aliphatic rings. The fourth-order valence-electron chi connectivity index (χ4n) is 3.67. The van der Waals surface area contributed by atoms with Crippen molar-refractivity contribution in [1.82, 2.24) is 5.32 Å². The average Bonchev–Trinajstić information content (AvgIpc) is 3.17. The highest BCUT2D eigenvalue weighted by atomic mass is 35.5. The van der Waals surface area contributed by atoms with Crippen LogP contribution in [0.5, 0.6) is 0 Å². The first-order valence-corrected chi connectivity index (χ1v) is 9.05. The van der Waals surface area contributed by atoms with Gasteiger partial charge in [-0.25, -0.2) is 0 Å². The number of Topliss-reactive ketones (excluding diaryl/α,β-unsaturated/α-hetero) is 1. The van der Waals surface area contributed by atoms with Gasteiger partial charge in [-0.1, -0.05) is 11.6 Å². The Labute approximate surface area is 160 Å². The van der Waals surface area contributed by atoms with Crippen molar-refractivity contribution in [2.24, 2.45) is 5.92 Å². The third-order valence-electron chi connectivity index (χ3n) is 4.91. The van der Waals surface area contributed by atoms with Crippen LogP contribution in [-0.4, -0.2) is 17.6 Å². The van der Waals surface area contributed by atoms with Crippen LogP contribution < -0.4 is 10.6 Å². The van der Waals surface area contributed by atoms with Gasteiger partial charge in [-0.15, -0.1) is 0 Å². The summed E-state index contributed by atoms with van der Waals surface area (Å²) in [5.41, 5.74) is 1.50. The zero-order valence-electron chi connectivity index (χ0n) is 14.3. The van der Waals surface area contributed by atoms with Crippen LogP contribution in [0.25, 0.3) is 0 Å². The van der Waals surface area contributed by atoms with E-state index in [1.54, 1.807) is 36.6 Å². The second kappa shape index (κ2) is 7.04. The first-order chi connectivity index (χ1) is 13.0. The standard InChI is InChI=1S/C20H17ClN2O4/c21-12-3-5-13(6-4-12)22-20(26)14-10-18(25)23-15-8-11(9-16(24)19(14)15)17-2-1-7-27-17/h1-7,11,14H,8-10H2,(H,22,26)(H,23,25)/t11-,14-/m0/s1. The number of nitrogens with one attached hydrogen (secondary N) is 2. The summed E-state index contributed by atoms with van der Waals surface area (Å²) < 4.78 is 5.41. The van der Waals surface area contributed by atoms with E-state index >= 15 is 0 Å². The van der Waals surface area contributed by atoms with Crippen molar-refractivity contribution in [3.05, 3.63) is 64.7 Å². The molecule has 7 heteroatoms. The molecular formula is C20H17ClN2O4. The summed E-state index contributed by atoms with van der Waals surface area (Å²) >= 11 is 5.86. The number of furan rings is 1. The van der Waals surface area contributed by atoms with Crippen molar-refractivity contribution in [3.8, 4) is 0 Å². The lowest BCUT2D eigenvalue weighted by Crippen LogP contribution is -2.43. The van der Waals surface area contributed by atoms with E-state index in [9.17, 15) is 14.4 Å². The van der Waals surface area contributed by atoms with E-state index in [0.29, 0.717) is 34.2 Å². The third kappa shape index (κ3) is 3.53. The topological polar surface area (TPSA) is 88.4 Å². The molecule has 0 radical (unpaired) electrons. The molecule has 2 amide bonds. The van der Waals surface area contributed by atoms with Crippen LogP contribution >= 0.6 is 11.6 Å². The molecule has 0 unspecified atom stereocenters. The van der Waals surface area contributed by atoms with Crippen molar-refractivity contribution in [2.75, 3.05) is 5.32 Å². The highest BCUT2D eigenvalue weighted by Gasteiger charge is 2.41. The fraction of sp³-hybridized carbons (Fsp3) is 0.250. The van der Waals surface area contributed by atoms with Gasteiger partial charge >= 0.3 is 0 Å². The number of benzene rings is 1. The van der Waals surface area contributed by atoms with Crippen molar-refractivity contribution >= 4 is 34.9 Å². The molecule has 0 fully saturated rings. The summed E-state index contributed by atoms with van der Waals surface area (Å²) in [7, 11) is 0. The van der Waals surface area contributed by atoms with E-state index in [-0.39, 0.29) is 36.4 Å². The number of hydrogen-bond donors (Lipinski definition) is 2. The number of ketones is 1. The van der Waals surface area contributed by atoms with Gasteiger partial charge in [0.05, 0.1) is 12.2 Å². The SMILES string of the molecule is O=C1C[C@H](C(=O)Nc2ccc(Cl)cc2)C2=C(C[C@H](c3ccco3)CC2=O)N1. The molecule has 0 saturated heterocycles. The molecule has 0 bridgehead atoms. The molecule has 0 spiro atoms. The Kier molecular flexibility index (Phi) is 4.58. The van der Waals surface area contributed by atoms with Crippen molar-refractivity contribution in [3.63, 3.8) is 0 Å². The number of carbonyl (C=O) groups is 3. The number of halogens is 1. The fourth-order valence-corrected chi connectivity index (χ4v) is 3.80. The molecule has 4 rings (SSSR count). The Morgan fingerprint density at radius 1 is 1.11 bits per heavy atom. The van der Waals surface area contributed by atoms with Crippen LogP contribution in [0.2, 0.25) is 5.02 Å². The van der Waals surface area contributed by atoms with E-state index in [1.807, 2.05) is 6.07 Å². The van der Waals surface area contributed by atoms with Crippen molar-refractivity contribution in [1.29, 1.82) is 0 Å². The number of anilines is 1. The lowest BCUT2D eigenvalue weighted by atomic mass is 9.76. The molecule has 0 saturated carbocycles. The monoisotopic (exact) mass is 384 g/mol. The first-order valence-electron chi connectivity index (χ1n) is 8.67. The molecule has 2 atom stereocenters. The normalized spacial score (nSPS) is 22.3. The highest BCUT2D eigenvalue weighted by molar-refractivity contribution is 6.30. The molecule has 138 valence electrons. The molecule has 27 heavy (non-hydrogen) atoms.